The van der Waals surface area contributed by atoms with Crippen LogP contribution in [0.5, 0.6) is 0 Å². The van der Waals surface area contributed by atoms with E-state index in [1.54, 1.807) is 0 Å². The first-order chi connectivity index (χ1) is 9.56. The Bertz CT molecular complexity index is 660. The normalized spacial score (nSPS) is 19.0. The zero-order valence-corrected chi connectivity index (χ0v) is 12.6. The fraction of sp³-hybridized carbons (Fsp3) is 0.438. The van der Waals surface area contributed by atoms with Crippen LogP contribution in [0.15, 0.2) is 18.2 Å². The highest BCUT2D eigenvalue weighted by atomic mass is 35.5. The van der Waals surface area contributed by atoms with Crippen LogP contribution in [0.1, 0.15) is 37.4 Å². The number of H-pyrrole nitrogens is 1. The lowest BCUT2D eigenvalue weighted by Crippen LogP contribution is -2.29. The van der Waals surface area contributed by atoms with E-state index in [9.17, 15) is 4.79 Å². The molecule has 0 fully saturated rings. The predicted octanol–water partition coefficient (Wildman–Crippen LogP) is 3.62. The molecule has 20 heavy (non-hydrogen) atoms. The highest BCUT2D eigenvalue weighted by Gasteiger charge is 2.29. The van der Waals surface area contributed by atoms with E-state index in [2.05, 4.69) is 24.1 Å². The Labute approximate surface area is 123 Å². The number of carbonyl (C=O) groups is 1. The number of aromatic nitrogens is 1. The molecule has 0 saturated carbocycles. The maximum Gasteiger partial charge on any atom is 0.229 e. The lowest BCUT2D eigenvalue weighted by molar-refractivity contribution is -0.122. The Morgan fingerprint density at radius 2 is 2.20 bits per heavy atom. The second-order valence-corrected chi connectivity index (χ2v) is 6.37. The molecule has 1 unspecified atom stereocenters. The number of carbonyl (C=O) groups excluding carboxylic acids is 1. The van der Waals surface area contributed by atoms with Gasteiger partial charge in [-0.2, -0.15) is 0 Å². The molecule has 0 radical (unpaired) electrons. The Balaban J connectivity index is 2.16. The minimum Gasteiger partial charge on any atom is -0.357 e. The van der Waals surface area contributed by atoms with Crippen LogP contribution in [-0.2, 0) is 11.2 Å². The Morgan fingerprint density at radius 3 is 2.95 bits per heavy atom. The summed E-state index contributed by atoms with van der Waals surface area (Å²) in [5, 5.41) is 4.91. The van der Waals surface area contributed by atoms with Gasteiger partial charge in [-0.15, -0.1) is 0 Å². The molecule has 0 spiro atoms. The van der Waals surface area contributed by atoms with Gasteiger partial charge in [-0.25, -0.2) is 0 Å². The molecule has 2 N–H and O–H groups in total. The number of hydrogen-bond donors (Lipinski definition) is 2. The number of halogens is 1. The van der Waals surface area contributed by atoms with Gasteiger partial charge in [0.25, 0.3) is 0 Å². The third-order valence-corrected chi connectivity index (χ3v) is 4.18. The fourth-order valence-electron chi connectivity index (χ4n) is 3.07. The largest absolute Gasteiger partial charge is 0.357 e. The molecule has 4 heteroatoms. The molecule has 0 aliphatic carbocycles. The second-order valence-electron chi connectivity index (χ2n) is 5.93. The van der Waals surface area contributed by atoms with Gasteiger partial charge < -0.3 is 10.3 Å². The predicted molar refractivity (Wildman–Crippen MR) is 82.2 cm³/mol. The fourth-order valence-corrected chi connectivity index (χ4v) is 3.24. The summed E-state index contributed by atoms with van der Waals surface area (Å²) in [5.74, 6) is 0.528. The Morgan fingerprint density at radius 1 is 1.40 bits per heavy atom. The van der Waals surface area contributed by atoms with Crippen LogP contribution in [0, 0.1) is 5.92 Å². The van der Waals surface area contributed by atoms with Gasteiger partial charge in [0.2, 0.25) is 5.91 Å². The minimum absolute atomic E-state index is 0.0846. The van der Waals surface area contributed by atoms with E-state index >= 15 is 0 Å². The molecule has 106 valence electrons. The van der Waals surface area contributed by atoms with E-state index in [4.69, 9.17) is 11.6 Å². The van der Waals surface area contributed by atoms with Crippen LogP contribution in [0.3, 0.4) is 0 Å². The average molecular weight is 291 g/mol. The summed E-state index contributed by atoms with van der Waals surface area (Å²) in [6, 6.07) is 5.88. The van der Waals surface area contributed by atoms with Crippen LogP contribution in [0.4, 0.5) is 0 Å². The van der Waals surface area contributed by atoms with Crippen LogP contribution in [0.25, 0.3) is 10.9 Å². The zero-order chi connectivity index (χ0) is 14.3. The summed E-state index contributed by atoms with van der Waals surface area (Å²) in [5.41, 5.74) is 3.39. The number of fused-ring (bicyclic) bond motifs is 3. The van der Waals surface area contributed by atoms with Crippen molar-refractivity contribution in [3.05, 3.63) is 34.5 Å². The zero-order valence-electron chi connectivity index (χ0n) is 11.8. The summed E-state index contributed by atoms with van der Waals surface area (Å²) < 4.78 is 0. The van der Waals surface area contributed by atoms with E-state index < -0.39 is 0 Å². The molecule has 3 nitrogen and oxygen atoms in total. The lowest BCUT2D eigenvalue weighted by Gasteiger charge is -2.16. The van der Waals surface area contributed by atoms with E-state index in [1.165, 1.54) is 5.56 Å². The van der Waals surface area contributed by atoms with Gasteiger partial charge in [0.15, 0.2) is 0 Å². The summed E-state index contributed by atoms with van der Waals surface area (Å²) in [6.45, 7) is 4.99. The number of hydrogen-bond acceptors (Lipinski definition) is 1. The molecule has 1 aromatic heterocycles. The average Bonchev–Trinajstić information content (AvgIpc) is 2.66. The number of benzene rings is 1. The molecule has 2 aromatic rings. The standard InChI is InChI=1S/C16H19ClN2O/c1-9(2)7-13-15-11(5-6-18-16(13)20)12-8-10(17)3-4-14(12)19-15/h3-4,8-9,13,19H,5-7H2,1-2H3,(H,18,20). The second kappa shape index (κ2) is 5.13. The van der Waals surface area contributed by atoms with Crippen LogP contribution < -0.4 is 5.32 Å². The van der Waals surface area contributed by atoms with Crippen LogP contribution in [0.2, 0.25) is 5.02 Å². The number of aromatic amines is 1. The van der Waals surface area contributed by atoms with Crippen molar-refractivity contribution < 1.29 is 4.79 Å². The molecule has 1 atom stereocenters. The maximum absolute atomic E-state index is 12.3. The molecule has 1 aliphatic rings. The van der Waals surface area contributed by atoms with Gasteiger partial charge in [-0.3, -0.25) is 4.79 Å². The van der Waals surface area contributed by atoms with Crippen molar-refractivity contribution >= 4 is 28.4 Å². The molecule has 1 aliphatic heterocycles. The van der Waals surface area contributed by atoms with Gasteiger partial charge in [-0.05, 0) is 42.5 Å². The SMILES string of the molecule is CC(C)CC1C(=O)NCCc2c1[nH]c1ccc(Cl)cc21. The summed E-state index contributed by atoms with van der Waals surface area (Å²) in [6.07, 6.45) is 1.72. The van der Waals surface area contributed by atoms with E-state index in [0.717, 1.165) is 34.5 Å². The van der Waals surface area contributed by atoms with Gasteiger partial charge in [0, 0.05) is 28.2 Å². The van der Waals surface area contributed by atoms with Crippen molar-refractivity contribution in [3.8, 4) is 0 Å². The highest BCUT2D eigenvalue weighted by molar-refractivity contribution is 6.31. The van der Waals surface area contributed by atoms with Crippen molar-refractivity contribution in [2.75, 3.05) is 6.54 Å². The molecular weight excluding hydrogens is 272 g/mol. The van der Waals surface area contributed by atoms with Gasteiger partial charge in [0.1, 0.15) is 0 Å². The van der Waals surface area contributed by atoms with Gasteiger partial charge in [-0.1, -0.05) is 25.4 Å². The Hall–Kier alpha value is -1.48. The van der Waals surface area contributed by atoms with Crippen molar-refractivity contribution in [1.29, 1.82) is 0 Å². The first-order valence-electron chi connectivity index (χ1n) is 7.14. The third-order valence-electron chi connectivity index (χ3n) is 3.95. The van der Waals surface area contributed by atoms with E-state index in [1.807, 2.05) is 18.2 Å². The van der Waals surface area contributed by atoms with E-state index in [-0.39, 0.29) is 11.8 Å². The lowest BCUT2D eigenvalue weighted by atomic mass is 9.91. The minimum atomic E-state index is -0.0846. The van der Waals surface area contributed by atoms with Crippen molar-refractivity contribution in [1.82, 2.24) is 10.3 Å². The smallest absolute Gasteiger partial charge is 0.229 e. The highest BCUT2D eigenvalue weighted by Crippen LogP contribution is 2.34. The first-order valence-corrected chi connectivity index (χ1v) is 7.51. The Kier molecular flexibility index (Phi) is 3.47. The van der Waals surface area contributed by atoms with Gasteiger partial charge in [0.05, 0.1) is 5.92 Å². The monoisotopic (exact) mass is 290 g/mol. The first kappa shape index (κ1) is 13.5. The van der Waals surface area contributed by atoms with Gasteiger partial charge >= 0.3 is 0 Å². The molecule has 0 bridgehead atoms. The van der Waals surface area contributed by atoms with Crippen LogP contribution >= 0.6 is 11.6 Å². The molecular formula is C16H19ClN2O. The van der Waals surface area contributed by atoms with Crippen LogP contribution in [-0.4, -0.2) is 17.4 Å². The number of nitrogens with one attached hydrogen (secondary N) is 2. The van der Waals surface area contributed by atoms with Crippen molar-refractivity contribution in [2.24, 2.45) is 5.92 Å². The van der Waals surface area contributed by atoms with Crippen molar-refractivity contribution in [3.63, 3.8) is 0 Å². The molecule has 1 aromatic carbocycles. The molecule has 1 amide bonds. The molecule has 2 heterocycles. The maximum atomic E-state index is 12.3. The third kappa shape index (κ3) is 2.31. The number of amides is 1. The summed E-state index contributed by atoms with van der Waals surface area (Å²) in [4.78, 5) is 15.7. The number of rotatable bonds is 2. The topological polar surface area (TPSA) is 44.9 Å². The summed E-state index contributed by atoms with van der Waals surface area (Å²) in [7, 11) is 0. The van der Waals surface area contributed by atoms with E-state index in [0.29, 0.717) is 12.5 Å². The molecule has 3 rings (SSSR count). The quantitative estimate of drug-likeness (QED) is 0.872. The van der Waals surface area contributed by atoms with Crippen molar-refractivity contribution in [2.45, 2.75) is 32.6 Å². The molecule has 0 saturated heterocycles. The summed E-state index contributed by atoms with van der Waals surface area (Å²) >= 11 is 6.11.